The second-order valence-corrected chi connectivity index (χ2v) is 6.20. The Morgan fingerprint density at radius 3 is 1.17 bits per heavy atom. The van der Waals surface area contributed by atoms with Crippen molar-refractivity contribution >= 4 is 0 Å². The van der Waals surface area contributed by atoms with E-state index in [4.69, 9.17) is 0 Å². The molecule has 0 bridgehead atoms. The number of unbranched alkanes of at least 4 members (excludes halogenated alkanes) is 12. The van der Waals surface area contributed by atoms with Crippen LogP contribution in [-0.4, -0.2) is 0 Å². The number of hydrogen-bond donors (Lipinski definition) is 0. The number of hydrogen-bond acceptors (Lipinski definition) is 0. The van der Waals surface area contributed by atoms with Crippen LogP contribution in [0.5, 0.6) is 0 Å². The van der Waals surface area contributed by atoms with Gasteiger partial charge in [-0.3, -0.25) is 0 Å². The van der Waals surface area contributed by atoms with Crippen LogP contribution in [0.3, 0.4) is 0 Å². The lowest BCUT2D eigenvalue weighted by molar-refractivity contribution is 0.537. The highest BCUT2D eigenvalue weighted by atomic mass is 14.0. The predicted octanol–water partition coefficient (Wildman–Crippen LogP) is 7.08. The minimum absolute atomic E-state index is 1.34. The molecule has 0 rings (SSSR count). The Kier molecular flexibility index (Phi) is 15.1. The van der Waals surface area contributed by atoms with Crippen molar-refractivity contribution in [1.29, 1.82) is 0 Å². The van der Waals surface area contributed by atoms with Crippen molar-refractivity contribution in [3.8, 4) is 0 Å². The predicted molar refractivity (Wildman–Crippen MR) is 84.9 cm³/mol. The quantitative estimate of drug-likeness (QED) is 0.290. The molecule has 0 aromatic carbocycles. The van der Waals surface area contributed by atoms with Gasteiger partial charge in [-0.25, -0.2) is 0 Å². The first-order valence-electron chi connectivity index (χ1n) is 8.56. The zero-order valence-corrected chi connectivity index (χ0v) is 13.4. The van der Waals surface area contributed by atoms with Gasteiger partial charge in [0.25, 0.3) is 0 Å². The molecule has 0 unspecified atom stereocenters. The molecule has 0 spiro atoms. The monoisotopic (exact) mass is 253 g/mol. The average molecular weight is 253 g/mol. The molecule has 109 valence electrons. The third kappa shape index (κ3) is 16.0. The summed E-state index contributed by atoms with van der Waals surface area (Å²) in [5, 5.41) is 0. The van der Waals surface area contributed by atoms with Crippen LogP contribution >= 0.6 is 0 Å². The van der Waals surface area contributed by atoms with Crippen LogP contribution in [0, 0.1) is 5.92 Å². The van der Waals surface area contributed by atoms with E-state index in [9.17, 15) is 0 Å². The van der Waals surface area contributed by atoms with Crippen LogP contribution in [0.15, 0.2) is 0 Å². The van der Waals surface area contributed by atoms with Crippen LogP contribution in [0.25, 0.3) is 0 Å². The summed E-state index contributed by atoms with van der Waals surface area (Å²) >= 11 is 0. The topological polar surface area (TPSA) is 0 Å². The van der Waals surface area contributed by atoms with Gasteiger partial charge in [-0.05, 0) is 12.3 Å². The zero-order valence-electron chi connectivity index (χ0n) is 13.4. The lowest BCUT2D eigenvalue weighted by Gasteiger charge is -2.04. The third-order valence-corrected chi connectivity index (χ3v) is 3.78. The fourth-order valence-corrected chi connectivity index (χ4v) is 2.50. The molecule has 0 heteroatoms. The summed E-state index contributed by atoms with van der Waals surface area (Å²) in [6, 6.07) is 0. The van der Waals surface area contributed by atoms with E-state index in [0.717, 1.165) is 0 Å². The van der Waals surface area contributed by atoms with Gasteiger partial charge < -0.3 is 0 Å². The lowest BCUT2D eigenvalue weighted by atomic mass is 10.0. The molecule has 18 heavy (non-hydrogen) atoms. The summed E-state index contributed by atoms with van der Waals surface area (Å²) in [4.78, 5) is 0. The summed E-state index contributed by atoms with van der Waals surface area (Å²) in [7, 11) is 0. The Bertz CT molecular complexity index is 137. The molecule has 0 amide bonds. The van der Waals surface area contributed by atoms with E-state index >= 15 is 0 Å². The maximum Gasteiger partial charge on any atom is -0.0303 e. The molecular formula is C18H37. The SMILES string of the molecule is CCCCCCCCCCCCCCC[C](C)C. The summed E-state index contributed by atoms with van der Waals surface area (Å²) in [6.45, 7) is 6.79. The molecule has 0 atom stereocenters. The summed E-state index contributed by atoms with van der Waals surface area (Å²) in [5.74, 6) is 1.60. The molecule has 0 saturated heterocycles. The highest BCUT2D eigenvalue weighted by Gasteiger charge is 1.95. The first-order chi connectivity index (χ1) is 8.77. The van der Waals surface area contributed by atoms with Gasteiger partial charge in [0, 0.05) is 0 Å². The van der Waals surface area contributed by atoms with Crippen molar-refractivity contribution in [3.63, 3.8) is 0 Å². The van der Waals surface area contributed by atoms with E-state index < -0.39 is 0 Å². The van der Waals surface area contributed by atoms with E-state index in [0.29, 0.717) is 0 Å². The third-order valence-electron chi connectivity index (χ3n) is 3.78. The first kappa shape index (κ1) is 18.0. The molecule has 0 aliphatic rings. The Hall–Kier alpha value is 0. The molecule has 0 aliphatic carbocycles. The normalized spacial score (nSPS) is 11.3. The molecule has 0 heterocycles. The molecule has 0 saturated carbocycles. The summed E-state index contributed by atoms with van der Waals surface area (Å²) in [5.41, 5.74) is 0. The maximum absolute atomic E-state index is 2.29. The second-order valence-electron chi connectivity index (χ2n) is 6.20. The Labute approximate surface area is 117 Å². The van der Waals surface area contributed by atoms with Crippen molar-refractivity contribution in [3.05, 3.63) is 5.92 Å². The van der Waals surface area contributed by atoms with Gasteiger partial charge in [-0.1, -0.05) is 104 Å². The number of rotatable bonds is 14. The van der Waals surface area contributed by atoms with Crippen LogP contribution in [-0.2, 0) is 0 Å². The fraction of sp³-hybridized carbons (Fsp3) is 0.944. The van der Waals surface area contributed by atoms with Crippen molar-refractivity contribution < 1.29 is 0 Å². The van der Waals surface area contributed by atoms with Gasteiger partial charge in [-0.15, -0.1) is 0 Å². The molecule has 0 aliphatic heterocycles. The van der Waals surface area contributed by atoms with Crippen LogP contribution in [0.2, 0.25) is 0 Å². The van der Waals surface area contributed by atoms with E-state index in [1.54, 1.807) is 5.92 Å². The van der Waals surface area contributed by atoms with Gasteiger partial charge in [0.05, 0.1) is 0 Å². The standard InChI is InChI=1S/C18H37/c1-4-5-6-7-8-9-10-11-12-13-14-15-16-17-18(2)3/h4-17H2,1-3H3. The average Bonchev–Trinajstić information content (AvgIpc) is 2.34. The van der Waals surface area contributed by atoms with Gasteiger partial charge in [0.15, 0.2) is 0 Å². The van der Waals surface area contributed by atoms with Gasteiger partial charge in [-0.2, -0.15) is 0 Å². The van der Waals surface area contributed by atoms with Gasteiger partial charge >= 0.3 is 0 Å². The van der Waals surface area contributed by atoms with Crippen molar-refractivity contribution in [2.24, 2.45) is 0 Å². The highest BCUT2D eigenvalue weighted by Crippen LogP contribution is 2.14. The van der Waals surface area contributed by atoms with E-state index in [1.807, 2.05) is 0 Å². The Balaban J connectivity index is 2.90. The molecular weight excluding hydrogens is 216 g/mol. The summed E-state index contributed by atoms with van der Waals surface area (Å²) in [6.07, 6.45) is 20.3. The molecule has 0 nitrogen and oxygen atoms in total. The maximum atomic E-state index is 2.29. The Morgan fingerprint density at radius 1 is 0.500 bits per heavy atom. The van der Waals surface area contributed by atoms with Crippen LogP contribution < -0.4 is 0 Å². The Morgan fingerprint density at radius 2 is 0.833 bits per heavy atom. The minimum Gasteiger partial charge on any atom is -0.0654 e. The molecule has 0 aromatic heterocycles. The van der Waals surface area contributed by atoms with E-state index in [2.05, 4.69) is 20.8 Å². The molecule has 0 aromatic rings. The van der Waals surface area contributed by atoms with E-state index in [1.165, 1.54) is 89.9 Å². The largest absolute Gasteiger partial charge is 0.0654 e. The first-order valence-corrected chi connectivity index (χ1v) is 8.56. The lowest BCUT2D eigenvalue weighted by Crippen LogP contribution is -1.85. The molecule has 0 N–H and O–H groups in total. The van der Waals surface area contributed by atoms with Gasteiger partial charge in [0.2, 0.25) is 0 Å². The highest BCUT2D eigenvalue weighted by molar-refractivity contribution is 4.75. The minimum atomic E-state index is 1.34. The van der Waals surface area contributed by atoms with Crippen LogP contribution in [0.1, 0.15) is 111 Å². The van der Waals surface area contributed by atoms with Crippen molar-refractivity contribution in [2.45, 2.75) is 111 Å². The summed E-state index contributed by atoms with van der Waals surface area (Å²) < 4.78 is 0. The van der Waals surface area contributed by atoms with Crippen LogP contribution in [0.4, 0.5) is 0 Å². The fourth-order valence-electron chi connectivity index (χ4n) is 2.50. The smallest absolute Gasteiger partial charge is 0.0303 e. The molecule has 0 fully saturated rings. The van der Waals surface area contributed by atoms with Crippen molar-refractivity contribution in [1.82, 2.24) is 0 Å². The molecule has 1 radical (unpaired) electrons. The van der Waals surface area contributed by atoms with Crippen molar-refractivity contribution in [2.75, 3.05) is 0 Å². The van der Waals surface area contributed by atoms with E-state index in [-0.39, 0.29) is 0 Å². The van der Waals surface area contributed by atoms with Gasteiger partial charge in [0.1, 0.15) is 0 Å². The zero-order chi connectivity index (χ0) is 13.5. The second kappa shape index (κ2) is 15.1.